The molecule has 1 rings (SSSR count). The molecule has 0 unspecified atom stereocenters. The summed E-state index contributed by atoms with van der Waals surface area (Å²) < 4.78 is 37.7. The number of nitrogens with zero attached hydrogens (tertiary/aromatic N) is 1. The van der Waals surface area contributed by atoms with E-state index in [2.05, 4.69) is 5.32 Å². The summed E-state index contributed by atoms with van der Waals surface area (Å²) in [7, 11) is 0. The van der Waals surface area contributed by atoms with E-state index in [1.165, 1.54) is 0 Å². The van der Waals surface area contributed by atoms with Crippen molar-refractivity contribution in [1.82, 2.24) is 10.2 Å². The topological polar surface area (TPSA) is 69.6 Å². The zero-order valence-electron chi connectivity index (χ0n) is 12.7. The molecule has 2 N–H and O–H groups in total. The summed E-state index contributed by atoms with van der Waals surface area (Å²) in [5.41, 5.74) is 1.92. The number of carboxylic acids is 1. The van der Waals surface area contributed by atoms with Gasteiger partial charge in [-0.2, -0.15) is 13.2 Å². The van der Waals surface area contributed by atoms with Crippen molar-refractivity contribution in [2.75, 3.05) is 26.2 Å². The standard InChI is InChI=1S/C15H19F3N2O3/c1-11-2-4-12(5-3-11)6-7-20(10-15(16,17)18)9-13(21)19-8-14(22)23/h2-5H,6-10H2,1H3,(H,19,21)(H,22,23). The molecule has 0 saturated carbocycles. The lowest BCUT2D eigenvalue weighted by atomic mass is 10.1. The second-order valence-electron chi connectivity index (χ2n) is 5.23. The molecule has 8 heteroatoms. The van der Waals surface area contributed by atoms with Crippen LogP contribution in [0.5, 0.6) is 0 Å². The van der Waals surface area contributed by atoms with Crippen molar-refractivity contribution in [3.05, 3.63) is 35.4 Å². The molecule has 0 aliphatic rings. The minimum Gasteiger partial charge on any atom is -0.480 e. The summed E-state index contributed by atoms with van der Waals surface area (Å²) in [6.07, 6.45) is -4.07. The number of aryl methyl sites for hydroxylation is 1. The van der Waals surface area contributed by atoms with Gasteiger partial charge in [0, 0.05) is 6.54 Å². The van der Waals surface area contributed by atoms with Gasteiger partial charge in [0.1, 0.15) is 6.54 Å². The number of hydrogen-bond donors (Lipinski definition) is 2. The molecule has 0 aliphatic heterocycles. The molecule has 1 amide bonds. The summed E-state index contributed by atoms with van der Waals surface area (Å²) in [4.78, 5) is 22.8. The van der Waals surface area contributed by atoms with Crippen LogP contribution in [0.2, 0.25) is 0 Å². The lowest BCUT2D eigenvalue weighted by molar-refractivity contribution is -0.149. The summed E-state index contributed by atoms with van der Waals surface area (Å²) in [6, 6.07) is 7.38. The predicted octanol–water partition coefficient (Wildman–Crippen LogP) is 1.60. The Morgan fingerprint density at radius 2 is 1.83 bits per heavy atom. The number of alkyl halides is 3. The van der Waals surface area contributed by atoms with Crippen molar-refractivity contribution in [3.8, 4) is 0 Å². The van der Waals surface area contributed by atoms with E-state index >= 15 is 0 Å². The van der Waals surface area contributed by atoms with Gasteiger partial charge in [-0.05, 0) is 18.9 Å². The molecule has 0 fully saturated rings. The van der Waals surface area contributed by atoms with Gasteiger partial charge in [-0.1, -0.05) is 29.8 Å². The van der Waals surface area contributed by atoms with Crippen LogP contribution in [0.3, 0.4) is 0 Å². The molecule has 0 heterocycles. The van der Waals surface area contributed by atoms with Crippen molar-refractivity contribution < 1.29 is 27.9 Å². The molecule has 1 aromatic carbocycles. The molecular weight excluding hydrogens is 313 g/mol. The second-order valence-corrected chi connectivity index (χ2v) is 5.23. The Bertz CT molecular complexity index is 530. The predicted molar refractivity (Wildman–Crippen MR) is 78.0 cm³/mol. The highest BCUT2D eigenvalue weighted by atomic mass is 19.4. The van der Waals surface area contributed by atoms with Crippen LogP contribution < -0.4 is 5.32 Å². The summed E-state index contributed by atoms with van der Waals surface area (Å²) in [6.45, 7) is -0.385. The van der Waals surface area contributed by atoms with Gasteiger partial charge in [0.15, 0.2) is 0 Å². The maximum absolute atomic E-state index is 12.6. The number of carbonyl (C=O) groups is 2. The number of nitrogens with one attached hydrogen (secondary N) is 1. The van der Waals surface area contributed by atoms with Gasteiger partial charge in [-0.3, -0.25) is 14.5 Å². The van der Waals surface area contributed by atoms with Crippen LogP contribution in [0, 0.1) is 6.92 Å². The number of carboxylic acid groups (broad SMARTS) is 1. The first kappa shape index (κ1) is 19.0. The smallest absolute Gasteiger partial charge is 0.401 e. The molecule has 1 aromatic rings. The van der Waals surface area contributed by atoms with Crippen LogP contribution >= 0.6 is 0 Å². The number of rotatable bonds is 8. The second kappa shape index (κ2) is 8.52. The Morgan fingerprint density at radius 1 is 1.22 bits per heavy atom. The van der Waals surface area contributed by atoms with E-state index in [0.717, 1.165) is 16.0 Å². The highest BCUT2D eigenvalue weighted by Gasteiger charge is 2.31. The molecular formula is C15H19F3N2O3. The van der Waals surface area contributed by atoms with Gasteiger partial charge in [0.05, 0.1) is 13.1 Å². The molecule has 0 aromatic heterocycles. The van der Waals surface area contributed by atoms with Crippen LogP contribution in [0.4, 0.5) is 13.2 Å². The highest BCUT2D eigenvalue weighted by molar-refractivity contribution is 5.82. The number of carbonyl (C=O) groups excluding carboxylic acids is 1. The fourth-order valence-corrected chi connectivity index (χ4v) is 1.94. The number of amides is 1. The zero-order valence-corrected chi connectivity index (χ0v) is 12.7. The van der Waals surface area contributed by atoms with E-state index in [1.54, 1.807) is 0 Å². The van der Waals surface area contributed by atoms with Crippen molar-refractivity contribution >= 4 is 11.9 Å². The van der Waals surface area contributed by atoms with Gasteiger partial charge in [0.2, 0.25) is 5.91 Å². The maximum Gasteiger partial charge on any atom is 0.401 e. The lowest BCUT2D eigenvalue weighted by Gasteiger charge is -2.23. The SMILES string of the molecule is Cc1ccc(CCN(CC(=O)NCC(=O)O)CC(F)(F)F)cc1. The van der Waals surface area contributed by atoms with E-state index < -0.39 is 37.7 Å². The van der Waals surface area contributed by atoms with E-state index in [-0.39, 0.29) is 6.54 Å². The van der Waals surface area contributed by atoms with Crippen LogP contribution in [-0.4, -0.2) is 54.2 Å². The van der Waals surface area contributed by atoms with Crippen LogP contribution in [0.25, 0.3) is 0 Å². The first-order valence-corrected chi connectivity index (χ1v) is 6.99. The van der Waals surface area contributed by atoms with Crippen molar-refractivity contribution in [1.29, 1.82) is 0 Å². The first-order valence-electron chi connectivity index (χ1n) is 6.99. The quantitative estimate of drug-likeness (QED) is 0.759. The molecule has 0 aliphatic carbocycles. The number of hydrogen-bond acceptors (Lipinski definition) is 3. The first-order chi connectivity index (χ1) is 10.7. The Labute approximate surface area is 132 Å². The van der Waals surface area contributed by atoms with E-state index in [0.29, 0.717) is 6.42 Å². The molecule has 5 nitrogen and oxygen atoms in total. The van der Waals surface area contributed by atoms with Crippen LogP contribution in [0.1, 0.15) is 11.1 Å². The van der Waals surface area contributed by atoms with Gasteiger partial charge in [0.25, 0.3) is 0 Å². The van der Waals surface area contributed by atoms with Gasteiger partial charge in [-0.15, -0.1) is 0 Å². The molecule has 0 bridgehead atoms. The lowest BCUT2D eigenvalue weighted by Crippen LogP contribution is -2.43. The average molecular weight is 332 g/mol. The van der Waals surface area contributed by atoms with Gasteiger partial charge < -0.3 is 10.4 Å². The zero-order chi connectivity index (χ0) is 17.5. The van der Waals surface area contributed by atoms with Crippen molar-refractivity contribution in [3.63, 3.8) is 0 Å². The number of aliphatic carboxylic acids is 1. The highest BCUT2D eigenvalue weighted by Crippen LogP contribution is 2.16. The molecule has 0 radical (unpaired) electrons. The molecule has 0 spiro atoms. The molecule has 23 heavy (non-hydrogen) atoms. The number of benzene rings is 1. The Balaban J connectivity index is 2.59. The Morgan fingerprint density at radius 3 is 2.35 bits per heavy atom. The summed E-state index contributed by atoms with van der Waals surface area (Å²) >= 11 is 0. The largest absolute Gasteiger partial charge is 0.480 e. The monoisotopic (exact) mass is 332 g/mol. The molecule has 0 saturated heterocycles. The maximum atomic E-state index is 12.6. The Hall–Kier alpha value is -2.09. The third-order valence-electron chi connectivity index (χ3n) is 3.04. The normalized spacial score (nSPS) is 11.5. The Kier molecular flexibility index (Phi) is 7.02. The minimum atomic E-state index is -4.43. The van der Waals surface area contributed by atoms with Crippen LogP contribution in [0.15, 0.2) is 24.3 Å². The van der Waals surface area contributed by atoms with E-state index in [9.17, 15) is 22.8 Å². The van der Waals surface area contributed by atoms with Crippen molar-refractivity contribution in [2.45, 2.75) is 19.5 Å². The fourth-order valence-electron chi connectivity index (χ4n) is 1.94. The van der Waals surface area contributed by atoms with E-state index in [1.807, 2.05) is 31.2 Å². The summed E-state index contributed by atoms with van der Waals surface area (Å²) in [5.74, 6) is -2.00. The minimum absolute atomic E-state index is 0.0447. The fraction of sp³-hybridized carbons (Fsp3) is 0.467. The summed E-state index contributed by atoms with van der Waals surface area (Å²) in [5, 5.41) is 10.5. The van der Waals surface area contributed by atoms with Gasteiger partial charge >= 0.3 is 12.1 Å². The number of halogens is 3. The third kappa shape index (κ3) is 8.82. The van der Waals surface area contributed by atoms with Gasteiger partial charge in [-0.25, -0.2) is 0 Å². The third-order valence-corrected chi connectivity index (χ3v) is 3.04. The average Bonchev–Trinajstić information content (AvgIpc) is 2.42. The van der Waals surface area contributed by atoms with Crippen LogP contribution in [-0.2, 0) is 16.0 Å². The van der Waals surface area contributed by atoms with Crippen molar-refractivity contribution in [2.24, 2.45) is 0 Å². The van der Waals surface area contributed by atoms with E-state index in [4.69, 9.17) is 5.11 Å². The molecule has 0 atom stereocenters. The molecule has 128 valence electrons.